The average molecular weight is 1010 g/mol. The van der Waals surface area contributed by atoms with Gasteiger partial charge in [0.05, 0.1) is 12.4 Å². The van der Waals surface area contributed by atoms with Crippen LogP contribution in [0.3, 0.4) is 0 Å². The molecule has 2 aliphatic rings. The van der Waals surface area contributed by atoms with Gasteiger partial charge in [-0.05, 0) is 33.5 Å². The van der Waals surface area contributed by atoms with Gasteiger partial charge in [0, 0.05) is 83.1 Å². The summed E-state index contributed by atoms with van der Waals surface area (Å²) in [5.41, 5.74) is 31.4. The van der Waals surface area contributed by atoms with Crippen molar-refractivity contribution in [1.29, 1.82) is 0 Å². The number of nitrogens with two attached hydrogens (primary N) is 5. The van der Waals surface area contributed by atoms with E-state index in [4.69, 9.17) is 60.2 Å². The summed E-state index contributed by atoms with van der Waals surface area (Å²) in [6.45, 7) is 10.2. The van der Waals surface area contributed by atoms with Gasteiger partial charge in [-0.1, -0.05) is 72.3 Å². The lowest BCUT2D eigenvalue weighted by Crippen LogP contribution is -2.44. The number of nitrogens with zero attached hydrogens (tertiary/aromatic N) is 18. The molecule has 73 heavy (non-hydrogen) atoms. The van der Waals surface area contributed by atoms with Crippen molar-refractivity contribution in [2.24, 2.45) is 5.73 Å². The number of hydrogen-bond donors (Lipinski definition) is 8. The molecule has 10 rings (SSSR count). The number of nitrogen functional groups attached to an aromatic ring is 4. The van der Waals surface area contributed by atoms with E-state index in [1.807, 2.05) is 66.9 Å². The van der Waals surface area contributed by atoms with E-state index >= 15 is 0 Å². The summed E-state index contributed by atoms with van der Waals surface area (Å²) in [6.07, 6.45) is 5.16. The molecule has 2 aromatic carbocycles. The fourth-order valence-corrected chi connectivity index (χ4v) is 7.68. The van der Waals surface area contributed by atoms with Crippen LogP contribution in [0, 0.1) is 0 Å². The van der Waals surface area contributed by atoms with Crippen LogP contribution in [0.15, 0.2) is 73.1 Å². The molecule has 2 aliphatic heterocycles. The maximum atomic E-state index is 6.30. The Bertz CT molecular complexity index is 3010. The Morgan fingerprint density at radius 3 is 1.38 bits per heavy atom. The SMILES string of the molecule is CN1CCN(c2cnc3c(Cl)nc(-c4ccccc4)nc3n2)CC1.CN1CCN(c2cnc3c(NCCCNc4nc(N)nc(N)n4)nc(-c4ccccc4)nc3n2)CC1.NCCCNc1nc(N)nc(N)n1. The third-order valence-corrected chi connectivity index (χ3v) is 11.7. The van der Waals surface area contributed by atoms with E-state index in [0.29, 0.717) is 83.0 Å². The molecule has 0 bridgehead atoms. The molecule has 380 valence electrons. The first kappa shape index (κ1) is 51.0. The lowest BCUT2D eigenvalue weighted by Gasteiger charge is -2.32. The van der Waals surface area contributed by atoms with Crippen LogP contribution in [0.2, 0.25) is 5.15 Å². The second kappa shape index (κ2) is 24.7. The third kappa shape index (κ3) is 14.2. The molecule has 2 saturated heterocycles. The minimum atomic E-state index is 0.0820. The molecule has 13 N–H and O–H groups in total. The zero-order valence-electron chi connectivity index (χ0n) is 40.6. The standard InChI is InChI=1S/C23H29N13.C17H17ClN6.C6H13N7/c1-35-10-12-36(13-11-35)16-14-28-17-19(26-8-5-9-27-23-33-21(24)32-22(25)34-23)30-18(31-20(17)29-16)15-6-3-2-4-7-15;1-23-7-9-24(10-8-23)13-11-19-14-15(18)21-16(22-17(14)20-13)12-5-3-2-4-6-12;7-2-1-3-10-6-12-4(8)11-5(9)13-6/h2-4,6-7,14H,5,8-13H2,1H3,(H,26,29,30,31)(H5,24,25,27,32,33,34);2-6,11H,7-10H2,1H3;1-3,7H2,(H5,8,9,10,11,12,13). The highest BCUT2D eigenvalue weighted by Crippen LogP contribution is 2.26. The molecule has 26 nitrogen and oxygen atoms in total. The van der Waals surface area contributed by atoms with E-state index in [0.717, 1.165) is 88.0 Å². The Morgan fingerprint density at radius 2 is 0.904 bits per heavy atom. The number of hydrogen-bond acceptors (Lipinski definition) is 26. The van der Waals surface area contributed by atoms with Crippen molar-refractivity contribution in [3.05, 3.63) is 78.2 Å². The number of anilines is 9. The predicted molar refractivity (Wildman–Crippen MR) is 287 cm³/mol. The van der Waals surface area contributed by atoms with E-state index in [2.05, 4.69) is 99.5 Å². The van der Waals surface area contributed by atoms with E-state index in [-0.39, 0.29) is 23.8 Å². The Kier molecular flexibility index (Phi) is 17.3. The summed E-state index contributed by atoms with van der Waals surface area (Å²) in [5.74, 6) is 4.61. The Balaban J connectivity index is 0.000000164. The Labute approximate surface area is 426 Å². The summed E-state index contributed by atoms with van der Waals surface area (Å²) < 4.78 is 0. The van der Waals surface area contributed by atoms with Gasteiger partial charge in [-0.3, -0.25) is 0 Å². The van der Waals surface area contributed by atoms with Gasteiger partial charge in [-0.25, -0.2) is 39.9 Å². The molecule has 0 amide bonds. The van der Waals surface area contributed by atoms with Crippen molar-refractivity contribution in [2.45, 2.75) is 12.8 Å². The van der Waals surface area contributed by atoms with E-state index < -0.39 is 0 Å². The molecule has 0 unspecified atom stereocenters. The van der Waals surface area contributed by atoms with E-state index in [1.165, 1.54) is 0 Å². The second-order valence-corrected chi connectivity index (χ2v) is 17.2. The molecule has 0 radical (unpaired) electrons. The van der Waals surface area contributed by atoms with E-state index in [9.17, 15) is 0 Å². The second-order valence-electron chi connectivity index (χ2n) is 16.9. The molecular weight excluding hydrogens is 952 g/mol. The van der Waals surface area contributed by atoms with Crippen molar-refractivity contribution >= 4 is 87.1 Å². The van der Waals surface area contributed by atoms with Gasteiger partial charge in [-0.15, -0.1) is 0 Å². The van der Waals surface area contributed by atoms with Crippen LogP contribution in [-0.4, -0.2) is 172 Å². The number of aromatic nitrogens is 14. The summed E-state index contributed by atoms with van der Waals surface area (Å²) in [4.78, 5) is 69.3. The molecule has 0 spiro atoms. The van der Waals surface area contributed by atoms with Crippen LogP contribution >= 0.6 is 11.6 Å². The molecule has 0 saturated carbocycles. The van der Waals surface area contributed by atoms with Crippen LogP contribution < -0.4 is 54.4 Å². The Hall–Kier alpha value is -8.33. The van der Waals surface area contributed by atoms with Crippen LogP contribution in [0.5, 0.6) is 0 Å². The number of nitrogens with one attached hydrogen (secondary N) is 3. The zero-order valence-corrected chi connectivity index (χ0v) is 41.4. The first-order valence-electron chi connectivity index (χ1n) is 23.7. The first-order chi connectivity index (χ1) is 35.5. The minimum Gasteiger partial charge on any atom is -0.368 e. The van der Waals surface area contributed by atoms with Crippen molar-refractivity contribution in [1.82, 2.24) is 79.6 Å². The van der Waals surface area contributed by atoms with Gasteiger partial charge < -0.3 is 64.2 Å². The Morgan fingerprint density at radius 1 is 0.479 bits per heavy atom. The van der Waals surface area contributed by atoms with Gasteiger partial charge >= 0.3 is 0 Å². The van der Waals surface area contributed by atoms with Gasteiger partial charge in [0.2, 0.25) is 35.7 Å². The summed E-state index contributed by atoms with van der Waals surface area (Å²) in [5, 5.41) is 9.75. The van der Waals surface area contributed by atoms with Crippen LogP contribution in [-0.2, 0) is 0 Å². The third-order valence-electron chi connectivity index (χ3n) is 11.4. The van der Waals surface area contributed by atoms with Crippen molar-refractivity contribution < 1.29 is 0 Å². The topological polar surface area (TPSA) is 360 Å². The number of benzene rings is 2. The number of halogens is 1. The van der Waals surface area contributed by atoms with Crippen LogP contribution in [0.4, 0.5) is 53.1 Å². The zero-order chi connectivity index (χ0) is 51.1. The molecule has 0 atom stereocenters. The molecule has 8 aromatic rings. The lowest BCUT2D eigenvalue weighted by molar-refractivity contribution is 0.312. The fourth-order valence-electron chi connectivity index (χ4n) is 7.47. The van der Waals surface area contributed by atoms with Crippen molar-refractivity contribution in [3.8, 4) is 22.8 Å². The minimum absolute atomic E-state index is 0.0820. The molecule has 6 aromatic heterocycles. The number of fused-ring (bicyclic) bond motifs is 2. The smallest absolute Gasteiger partial charge is 0.229 e. The number of rotatable bonds is 14. The summed E-state index contributed by atoms with van der Waals surface area (Å²) in [6, 6.07) is 19.6. The molecule has 2 fully saturated rings. The molecular formula is C46H59ClN26. The molecule has 27 heteroatoms. The van der Waals surface area contributed by atoms with Crippen molar-refractivity contribution in [2.75, 3.05) is 141 Å². The van der Waals surface area contributed by atoms with Crippen LogP contribution in [0.25, 0.3) is 45.1 Å². The monoisotopic (exact) mass is 1010 g/mol. The van der Waals surface area contributed by atoms with Gasteiger partial charge in [-0.2, -0.15) is 29.9 Å². The van der Waals surface area contributed by atoms with Gasteiger partial charge in [0.15, 0.2) is 39.4 Å². The van der Waals surface area contributed by atoms with Crippen LogP contribution in [0.1, 0.15) is 12.8 Å². The maximum absolute atomic E-state index is 6.30. The van der Waals surface area contributed by atoms with Crippen molar-refractivity contribution in [3.63, 3.8) is 0 Å². The quantitative estimate of drug-likeness (QED) is 0.0572. The number of likely N-dealkylation sites (N-methyl/N-ethyl adjacent to an activating group) is 2. The predicted octanol–water partition coefficient (Wildman–Crippen LogP) is 2.39. The summed E-state index contributed by atoms with van der Waals surface area (Å²) >= 11 is 6.30. The van der Waals surface area contributed by atoms with E-state index in [1.54, 1.807) is 6.20 Å². The summed E-state index contributed by atoms with van der Waals surface area (Å²) in [7, 11) is 4.26. The highest BCUT2D eigenvalue weighted by Gasteiger charge is 2.20. The van der Waals surface area contributed by atoms with Gasteiger partial charge in [0.25, 0.3) is 0 Å². The molecule has 0 aliphatic carbocycles. The molecule has 8 heterocycles. The first-order valence-corrected chi connectivity index (χ1v) is 24.0. The largest absolute Gasteiger partial charge is 0.368 e. The maximum Gasteiger partial charge on any atom is 0.229 e. The normalized spacial score (nSPS) is 14.0. The highest BCUT2D eigenvalue weighted by atomic mass is 35.5. The average Bonchev–Trinajstić information content (AvgIpc) is 3.39. The lowest BCUT2D eigenvalue weighted by atomic mass is 10.2. The van der Waals surface area contributed by atoms with Gasteiger partial charge in [0.1, 0.15) is 17.2 Å². The highest BCUT2D eigenvalue weighted by molar-refractivity contribution is 6.33. The number of piperazine rings is 2. The fraction of sp³-hybridized carbons (Fsp3) is 0.348.